The molecule has 0 fully saturated rings. The van der Waals surface area contributed by atoms with Gasteiger partial charge >= 0.3 is 0 Å². The summed E-state index contributed by atoms with van der Waals surface area (Å²) in [6.07, 6.45) is 1.74. The van der Waals surface area contributed by atoms with Crippen LogP contribution in [0.15, 0.2) is 35.8 Å². The predicted molar refractivity (Wildman–Crippen MR) is 86.0 cm³/mol. The number of para-hydroxylation sites is 1. The molecule has 112 valence electrons. The number of nitrogens with one attached hydrogen (secondary N) is 1. The summed E-state index contributed by atoms with van der Waals surface area (Å²) in [5, 5.41) is 5.21. The van der Waals surface area contributed by atoms with Gasteiger partial charge in [-0.3, -0.25) is 10.1 Å². The first-order valence-corrected chi connectivity index (χ1v) is 7.95. The summed E-state index contributed by atoms with van der Waals surface area (Å²) in [6.45, 7) is 6.15. The second-order valence-corrected chi connectivity index (χ2v) is 5.93. The zero-order chi connectivity index (χ0) is 15.2. The highest BCUT2D eigenvalue weighted by atomic mass is 32.1. The van der Waals surface area contributed by atoms with Gasteiger partial charge in [-0.25, -0.2) is 4.98 Å². The van der Waals surface area contributed by atoms with Crippen LogP contribution in [0.5, 0.6) is 5.75 Å². The molecule has 0 aliphatic rings. The van der Waals surface area contributed by atoms with Gasteiger partial charge in [-0.1, -0.05) is 39.0 Å². The molecule has 2 rings (SSSR count). The van der Waals surface area contributed by atoms with Crippen molar-refractivity contribution in [3.05, 3.63) is 41.4 Å². The first-order chi connectivity index (χ1) is 10.1. The number of aromatic nitrogens is 1. The average Bonchev–Trinajstić information content (AvgIpc) is 2.97. The third kappa shape index (κ3) is 4.04. The van der Waals surface area contributed by atoms with Crippen molar-refractivity contribution in [2.45, 2.75) is 39.2 Å². The van der Waals surface area contributed by atoms with E-state index in [1.165, 1.54) is 11.3 Å². The summed E-state index contributed by atoms with van der Waals surface area (Å²) >= 11 is 1.39. The lowest BCUT2D eigenvalue weighted by atomic mass is 10.0. The molecule has 1 heterocycles. The van der Waals surface area contributed by atoms with Gasteiger partial charge in [0.05, 0.1) is 0 Å². The molecule has 1 N–H and O–H groups in total. The number of amides is 1. The van der Waals surface area contributed by atoms with Gasteiger partial charge in [0.2, 0.25) is 0 Å². The fourth-order valence-electron chi connectivity index (χ4n) is 2.01. The average molecular weight is 304 g/mol. The quantitative estimate of drug-likeness (QED) is 0.875. The molecule has 0 saturated carbocycles. The van der Waals surface area contributed by atoms with Gasteiger partial charge in [0.1, 0.15) is 5.75 Å². The normalized spacial score (nSPS) is 12.2. The van der Waals surface area contributed by atoms with Crippen LogP contribution in [0.2, 0.25) is 0 Å². The van der Waals surface area contributed by atoms with Gasteiger partial charge in [0.25, 0.3) is 5.91 Å². The van der Waals surface area contributed by atoms with Crippen molar-refractivity contribution in [3.8, 4) is 5.75 Å². The minimum Gasteiger partial charge on any atom is -0.480 e. The fourth-order valence-corrected chi connectivity index (χ4v) is 2.54. The Labute approximate surface area is 129 Å². The largest absolute Gasteiger partial charge is 0.480 e. The van der Waals surface area contributed by atoms with Crippen molar-refractivity contribution >= 4 is 22.4 Å². The van der Waals surface area contributed by atoms with Gasteiger partial charge in [0.15, 0.2) is 11.2 Å². The zero-order valence-electron chi connectivity index (χ0n) is 12.5. The number of ether oxygens (including phenoxy) is 1. The Balaban J connectivity index is 2.10. The second kappa shape index (κ2) is 7.22. The number of rotatable bonds is 6. The number of nitrogens with zero attached hydrogens (tertiary/aromatic N) is 1. The number of carbonyl (C=O) groups is 1. The summed E-state index contributed by atoms with van der Waals surface area (Å²) in [5.74, 6) is 0.959. The third-order valence-electron chi connectivity index (χ3n) is 3.14. The molecule has 0 aliphatic heterocycles. The first kappa shape index (κ1) is 15.5. The van der Waals surface area contributed by atoms with Crippen LogP contribution in [0.3, 0.4) is 0 Å². The maximum atomic E-state index is 12.3. The standard InChI is InChI=1S/C16H20N2O2S/c1-4-13(15(19)18-16-17-9-10-21-16)20-14-8-6-5-7-12(14)11(2)3/h5-11,13H,4H2,1-3H3,(H,17,18,19)/t13-/m0/s1. The Morgan fingerprint density at radius 2 is 2.14 bits per heavy atom. The molecule has 1 atom stereocenters. The summed E-state index contributed by atoms with van der Waals surface area (Å²) < 4.78 is 5.93. The van der Waals surface area contributed by atoms with E-state index >= 15 is 0 Å². The fraction of sp³-hybridized carbons (Fsp3) is 0.375. The molecule has 0 saturated heterocycles. The van der Waals surface area contributed by atoms with E-state index in [-0.39, 0.29) is 5.91 Å². The molecule has 1 aromatic heterocycles. The maximum absolute atomic E-state index is 12.3. The van der Waals surface area contributed by atoms with Crippen LogP contribution in [0.4, 0.5) is 5.13 Å². The van der Waals surface area contributed by atoms with E-state index in [2.05, 4.69) is 24.1 Å². The molecule has 1 aromatic carbocycles. The smallest absolute Gasteiger partial charge is 0.267 e. The van der Waals surface area contributed by atoms with E-state index in [1.54, 1.807) is 6.20 Å². The van der Waals surface area contributed by atoms with Crippen molar-refractivity contribution in [2.24, 2.45) is 0 Å². The molecule has 0 spiro atoms. The van der Waals surface area contributed by atoms with Crippen LogP contribution < -0.4 is 10.1 Å². The Hall–Kier alpha value is -1.88. The molecule has 1 amide bonds. The van der Waals surface area contributed by atoms with Crippen LogP contribution in [0, 0.1) is 0 Å². The molecular formula is C16H20N2O2S. The van der Waals surface area contributed by atoms with E-state index in [0.717, 1.165) is 11.3 Å². The third-order valence-corrected chi connectivity index (χ3v) is 3.82. The van der Waals surface area contributed by atoms with Crippen molar-refractivity contribution < 1.29 is 9.53 Å². The van der Waals surface area contributed by atoms with E-state index in [9.17, 15) is 4.79 Å². The van der Waals surface area contributed by atoms with Crippen LogP contribution >= 0.6 is 11.3 Å². The molecule has 2 aromatic rings. The van der Waals surface area contributed by atoms with Crippen LogP contribution in [0.25, 0.3) is 0 Å². The van der Waals surface area contributed by atoms with Gasteiger partial charge in [-0.2, -0.15) is 0 Å². The number of thiazole rings is 1. The Morgan fingerprint density at radius 3 is 2.76 bits per heavy atom. The molecule has 0 radical (unpaired) electrons. The van der Waals surface area contributed by atoms with Gasteiger partial charge in [0, 0.05) is 11.6 Å². The number of hydrogen-bond acceptors (Lipinski definition) is 4. The highest BCUT2D eigenvalue weighted by Crippen LogP contribution is 2.27. The topological polar surface area (TPSA) is 51.2 Å². The Bertz CT molecular complexity index is 582. The minimum atomic E-state index is -0.520. The summed E-state index contributed by atoms with van der Waals surface area (Å²) in [6, 6.07) is 7.85. The SMILES string of the molecule is CC[C@H](Oc1ccccc1C(C)C)C(=O)Nc1nccs1. The molecule has 0 bridgehead atoms. The molecular weight excluding hydrogens is 284 g/mol. The lowest BCUT2D eigenvalue weighted by molar-refractivity contribution is -0.122. The maximum Gasteiger partial charge on any atom is 0.267 e. The van der Waals surface area contributed by atoms with Crippen LogP contribution in [-0.2, 0) is 4.79 Å². The number of carbonyl (C=O) groups excluding carboxylic acids is 1. The van der Waals surface area contributed by atoms with E-state index < -0.39 is 6.10 Å². The van der Waals surface area contributed by atoms with Gasteiger partial charge in [-0.05, 0) is 24.0 Å². The lowest BCUT2D eigenvalue weighted by Gasteiger charge is -2.20. The number of benzene rings is 1. The van der Waals surface area contributed by atoms with E-state index in [0.29, 0.717) is 17.5 Å². The highest BCUT2D eigenvalue weighted by Gasteiger charge is 2.21. The van der Waals surface area contributed by atoms with Crippen molar-refractivity contribution in [3.63, 3.8) is 0 Å². The zero-order valence-corrected chi connectivity index (χ0v) is 13.3. The minimum absolute atomic E-state index is 0.161. The molecule has 21 heavy (non-hydrogen) atoms. The Kier molecular flexibility index (Phi) is 5.33. The van der Waals surface area contributed by atoms with Crippen LogP contribution in [0.1, 0.15) is 38.7 Å². The highest BCUT2D eigenvalue weighted by molar-refractivity contribution is 7.13. The molecule has 0 unspecified atom stereocenters. The van der Waals surface area contributed by atoms with Crippen LogP contribution in [-0.4, -0.2) is 17.0 Å². The van der Waals surface area contributed by atoms with Crippen molar-refractivity contribution in [1.29, 1.82) is 0 Å². The number of anilines is 1. The summed E-state index contributed by atoms with van der Waals surface area (Å²) in [4.78, 5) is 16.3. The molecule has 5 heteroatoms. The monoisotopic (exact) mass is 304 g/mol. The van der Waals surface area contributed by atoms with E-state index in [4.69, 9.17) is 4.74 Å². The summed E-state index contributed by atoms with van der Waals surface area (Å²) in [5.41, 5.74) is 1.11. The lowest BCUT2D eigenvalue weighted by Crippen LogP contribution is -2.32. The van der Waals surface area contributed by atoms with Gasteiger partial charge in [-0.15, -0.1) is 11.3 Å². The number of hydrogen-bond donors (Lipinski definition) is 1. The predicted octanol–water partition coefficient (Wildman–Crippen LogP) is 4.06. The van der Waals surface area contributed by atoms with E-state index in [1.807, 2.05) is 36.6 Å². The van der Waals surface area contributed by atoms with Crippen molar-refractivity contribution in [1.82, 2.24) is 4.98 Å². The second-order valence-electron chi connectivity index (χ2n) is 5.03. The Morgan fingerprint density at radius 1 is 1.38 bits per heavy atom. The first-order valence-electron chi connectivity index (χ1n) is 7.07. The molecule has 0 aliphatic carbocycles. The van der Waals surface area contributed by atoms with Crippen molar-refractivity contribution in [2.75, 3.05) is 5.32 Å². The summed E-state index contributed by atoms with van der Waals surface area (Å²) in [7, 11) is 0. The van der Waals surface area contributed by atoms with Gasteiger partial charge < -0.3 is 4.74 Å². The molecule has 4 nitrogen and oxygen atoms in total.